The zero-order valence-electron chi connectivity index (χ0n) is 13.2. The minimum atomic E-state index is 0.305. The molecule has 1 aromatic heterocycles. The number of rotatable bonds is 5. The topological polar surface area (TPSA) is 54.5 Å². The van der Waals surface area contributed by atoms with E-state index < -0.39 is 0 Å². The lowest BCUT2D eigenvalue weighted by Gasteiger charge is -2.15. The summed E-state index contributed by atoms with van der Waals surface area (Å²) in [7, 11) is 0. The van der Waals surface area contributed by atoms with Crippen molar-refractivity contribution in [2.75, 3.05) is 0 Å². The van der Waals surface area contributed by atoms with Gasteiger partial charge in [-0.3, -0.25) is 0 Å². The number of hydrogen-bond donors (Lipinski definition) is 0. The van der Waals surface area contributed by atoms with Crippen LogP contribution in [0.2, 0.25) is 0 Å². The van der Waals surface area contributed by atoms with Crippen molar-refractivity contribution < 1.29 is 0 Å². The van der Waals surface area contributed by atoms with E-state index in [1.165, 1.54) is 5.56 Å². The van der Waals surface area contributed by atoms with Crippen molar-refractivity contribution >= 4 is 0 Å². The Bertz CT molecular complexity index is 628. The molecule has 0 fully saturated rings. The van der Waals surface area contributed by atoms with Crippen LogP contribution in [0.4, 0.5) is 0 Å². The fraction of sp³-hybridized carbons (Fsp3) is 0.471. The summed E-state index contributed by atoms with van der Waals surface area (Å²) in [6.07, 6.45) is 1.95. The molecule has 0 aliphatic heterocycles. The first-order valence-electron chi connectivity index (χ1n) is 7.58. The Labute approximate surface area is 126 Å². The molecule has 0 N–H and O–H groups in total. The molecule has 0 bridgehead atoms. The maximum absolute atomic E-state index is 9.27. The third-order valence-electron chi connectivity index (χ3n) is 3.99. The molecule has 2 aromatic rings. The molecule has 4 nitrogen and oxygen atoms in total. The van der Waals surface area contributed by atoms with Gasteiger partial charge in [-0.15, -0.1) is 5.10 Å². The lowest BCUT2D eigenvalue weighted by molar-refractivity contribution is 0.594. The molecule has 0 radical (unpaired) electrons. The number of benzene rings is 1. The molecule has 0 amide bonds. The molecule has 4 heteroatoms. The summed E-state index contributed by atoms with van der Waals surface area (Å²) >= 11 is 0. The number of nitriles is 1. The van der Waals surface area contributed by atoms with E-state index in [2.05, 4.69) is 68.3 Å². The number of hydrogen-bond acceptors (Lipinski definition) is 3. The van der Waals surface area contributed by atoms with Gasteiger partial charge >= 0.3 is 0 Å². The highest BCUT2D eigenvalue weighted by atomic mass is 15.4. The van der Waals surface area contributed by atoms with Crippen LogP contribution in [0, 0.1) is 11.3 Å². The van der Waals surface area contributed by atoms with E-state index in [9.17, 15) is 5.26 Å². The highest BCUT2D eigenvalue weighted by Crippen LogP contribution is 2.27. The van der Waals surface area contributed by atoms with Crippen molar-refractivity contribution in [3.05, 3.63) is 41.2 Å². The van der Waals surface area contributed by atoms with Gasteiger partial charge in [0.25, 0.3) is 0 Å². The smallest absolute Gasteiger partial charge is 0.186 e. The van der Waals surface area contributed by atoms with Gasteiger partial charge in [0.1, 0.15) is 6.07 Å². The van der Waals surface area contributed by atoms with Crippen LogP contribution in [0.5, 0.6) is 0 Å². The Morgan fingerprint density at radius 1 is 1.14 bits per heavy atom. The summed E-state index contributed by atoms with van der Waals surface area (Å²) in [6, 6.07) is 10.5. The third-order valence-corrected chi connectivity index (χ3v) is 3.99. The molecular formula is C17H22N4. The van der Waals surface area contributed by atoms with Crippen molar-refractivity contribution in [1.29, 1.82) is 5.26 Å². The Morgan fingerprint density at radius 3 is 2.24 bits per heavy atom. The third kappa shape index (κ3) is 2.97. The highest BCUT2D eigenvalue weighted by Gasteiger charge is 2.21. The van der Waals surface area contributed by atoms with E-state index in [4.69, 9.17) is 0 Å². The van der Waals surface area contributed by atoms with E-state index in [0.717, 1.165) is 24.2 Å². The SMILES string of the molecule is CCC(CC)c1c(C#N)nnn1-c1ccc(C(C)C)cc1. The molecule has 0 aliphatic carbocycles. The number of nitrogens with zero attached hydrogens (tertiary/aromatic N) is 4. The van der Waals surface area contributed by atoms with E-state index >= 15 is 0 Å². The van der Waals surface area contributed by atoms with Crippen molar-refractivity contribution in [3.63, 3.8) is 0 Å². The van der Waals surface area contributed by atoms with E-state index in [0.29, 0.717) is 17.5 Å². The quantitative estimate of drug-likeness (QED) is 0.827. The van der Waals surface area contributed by atoms with Gasteiger partial charge in [-0.2, -0.15) is 5.26 Å². The van der Waals surface area contributed by atoms with Gasteiger partial charge in [0.15, 0.2) is 5.69 Å². The van der Waals surface area contributed by atoms with Crippen LogP contribution in [0.3, 0.4) is 0 Å². The van der Waals surface area contributed by atoms with Crippen LogP contribution < -0.4 is 0 Å². The Hall–Kier alpha value is -2.15. The predicted octanol–water partition coefficient (Wildman–Crippen LogP) is 4.17. The first kappa shape index (κ1) is 15.2. The fourth-order valence-corrected chi connectivity index (χ4v) is 2.60. The summed E-state index contributed by atoms with van der Waals surface area (Å²) in [5.41, 5.74) is 3.63. The van der Waals surface area contributed by atoms with Crippen LogP contribution in [-0.4, -0.2) is 15.0 Å². The zero-order valence-corrected chi connectivity index (χ0v) is 13.2. The standard InChI is InChI=1S/C17H22N4/c1-5-13(6-2)17-16(11-18)19-20-21(17)15-9-7-14(8-10-15)12(3)4/h7-10,12-13H,5-6H2,1-4H3. The van der Waals surface area contributed by atoms with Crippen molar-refractivity contribution in [3.8, 4) is 11.8 Å². The van der Waals surface area contributed by atoms with Crippen LogP contribution in [0.15, 0.2) is 24.3 Å². The van der Waals surface area contributed by atoms with Crippen LogP contribution >= 0.6 is 0 Å². The number of aromatic nitrogens is 3. The molecule has 1 heterocycles. The van der Waals surface area contributed by atoms with Crippen molar-refractivity contribution in [1.82, 2.24) is 15.0 Å². The summed E-state index contributed by atoms with van der Waals surface area (Å²) < 4.78 is 1.82. The zero-order chi connectivity index (χ0) is 15.4. The minimum Gasteiger partial charge on any atom is -0.216 e. The maximum Gasteiger partial charge on any atom is 0.186 e. The molecule has 0 spiro atoms. The van der Waals surface area contributed by atoms with Crippen molar-refractivity contribution in [2.45, 2.75) is 52.4 Å². The van der Waals surface area contributed by atoms with E-state index in [1.54, 1.807) is 0 Å². The van der Waals surface area contributed by atoms with Crippen molar-refractivity contribution in [2.24, 2.45) is 0 Å². The molecule has 0 aliphatic rings. The molecule has 0 unspecified atom stereocenters. The largest absolute Gasteiger partial charge is 0.216 e. The summed E-state index contributed by atoms with van der Waals surface area (Å²) in [5, 5.41) is 17.5. The average molecular weight is 282 g/mol. The second kappa shape index (κ2) is 6.53. The van der Waals surface area contributed by atoms with E-state index in [-0.39, 0.29) is 0 Å². The molecule has 2 rings (SSSR count). The van der Waals surface area contributed by atoms with E-state index in [1.807, 2.05) is 4.68 Å². The Kier molecular flexibility index (Phi) is 4.74. The predicted molar refractivity (Wildman–Crippen MR) is 83.5 cm³/mol. The van der Waals surface area contributed by atoms with Crippen LogP contribution in [0.25, 0.3) is 5.69 Å². The molecule has 0 saturated heterocycles. The minimum absolute atomic E-state index is 0.305. The summed E-state index contributed by atoms with van der Waals surface area (Å²) in [4.78, 5) is 0. The normalized spacial score (nSPS) is 11.1. The monoisotopic (exact) mass is 282 g/mol. The van der Waals surface area contributed by atoms with Gasteiger partial charge in [0, 0.05) is 5.92 Å². The van der Waals surface area contributed by atoms with Gasteiger partial charge in [-0.05, 0) is 36.5 Å². The Morgan fingerprint density at radius 2 is 1.76 bits per heavy atom. The van der Waals surface area contributed by atoms with Gasteiger partial charge in [0.05, 0.1) is 11.4 Å². The molecular weight excluding hydrogens is 260 g/mol. The molecule has 0 atom stereocenters. The molecule has 0 saturated carbocycles. The second-order valence-corrected chi connectivity index (χ2v) is 5.61. The Balaban J connectivity index is 2.49. The second-order valence-electron chi connectivity index (χ2n) is 5.61. The van der Waals surface area contributed by atoms with Crippen LogP contribution in [-0.2, 0) is 0 Å². The maximum atomic E-state index is 9.27. The summed E-state index contributed by atoms with van der Waals surface area (Å²) in [5.74, 6) is 0.808. The van der Waals surface area contributed by atoms with Gasteiger partial charge in [-0.1, -0.05) is 45.0 Å². The summed E-state index contributed by atoms with van der Waals surface area (Å²) in [6.45, 7) is 8.62. The lowest BCUT2D eigenvalue weighted by atomic mass is 9.97. The fourth-order valence-electron chi connectivity index (χ4n) is 2.60. The van der Waals surface area contributed by atoms with Gasteiger partial charge in [0.2, 0.25) is 0 Å². The first-order chi connectivity index (χ1) is 10.1. The first-order valence-corrected chi connectivity index (χ1v) is 7.58. The lowest BCUT2D eigenvalue weighted by Crippen LogP contribution is -2.08. The van der Waals surface area contributed by atoms with Crippen LogP contribution in [0.1, 0.15) is 69.3 Å². The molecule has 1 aromatic carbocycles. The molecule has 21 heavy (non-hydrogen) atoms. The average Bonchev–Trinajstić information content (AvgIpc) is 2.92. The highest BCUT2D eigenvalue weighted by molar-refractivity contribution is 5.40. The van der Waals surface area contributed by atoms with Gasteiger partial charge < -0.3 is 0 Å². The molecule has 110 valence electrons. The van der Waals surface area contributed by atoms with Gasteiger partial charge in [-0.25, -0.2) is 4.68 Å².